The first-order chi connectivity index (χ1) is 22.7. The summed E-state index contributed by atoms with van der Waals surface area (Å²) in [6, 6.07) is 20.2. The van der Waals surface area contributed by atoms with Gasteiger partial charge < -0.3 is 20.6 Å². The van der Waals surface area contributed by atoms with E-state index < -0.39 is 17.7 Å². The maximum Gasteiger partial charge on any atom is 0.416 e. The number of alkyl halides is 3. The van der Waals surface area contributed by atoms with Crippen molar-refractivity contribution in [2.75, 3.05) is 40.9 Å². The van der Waals surface area contributed by atoms with Gasteiger partial charge in [0, 0.05) is 54.0 Å². The molecule has 0 spiro atoms. The molecule has 1 aliphatic rings. The Kier molecular flexibility index (Phi) is 11.4. The summed E-state index contributed by atoms with van der Waals surface area (Å²) in [5, 5.41) is 15.1. The lowest BCUT2D eigenvalue weighted by Gasteiger charge is -2.29. The van der Waals surface area contributed by atoms with Gasteiger partial charge in [0.05, 0.1) is 23.4 Å². The predicted molar refractivity (Wildman–Crippen MR) is 180 cm³/mol. The molecule has 3 N–H and O–H groups in total. The fourth-order valence-electron chi connectivity index (χ4n) is 5.39. The van der Waals surface area contributed by atoms with E-state index in [9.17, 15) is 22.8 Å². The highest BCUT2D eigenvalue weighted by atomic mass is 32.2. The molecule has 0 unspecified atom stereocenters. The molecule has 1 aliphatic heterocycles. The fourth-order valence-corrected chi connectivity index (χ4v) is 6.27. The van der Waals surface area contributed by atoms with E-state index >= 15 is 0 Å². The average molecular weight is 664 g/mol. The molecule has 4 aromatic rings. The van der Waals surface area contributed by atoms with Crippen molar-refractivity contribution in [3.63, 3.8) is 0 Å². The van der Waals surface area contributed by atoms with Crippen molar-refractivity contribution < 1.29 is 27.9 Å². The van der Waals surface area contributed by atoms with E-state index in [4.69, 9.17) is 5.11 Å². The Hall–Kier alpha value is -4.58. The van der Waals surface area contributed by atoms with Crippen molar-refractivity contribution in [1.82, 2.24) is 9.97 Å². The summed E-state index contributed by atoms with van der Waals surface area (Å²) in [4.78, 5) is 35.4. The summed E-state index contributed by atoms with van der Waals surface area (Å²) in [6.07, 6.45) is 0.871. The second kappa shape index (κ2) is 15.8. The number of nitrogens with one attached hydrogen (secondary N) is 2. The van der Waals surface area contributed by atoms with Crippen LogP contribution in [0.1, 0.15) is 52.7 Å². The number of carboxylic acids is 1. The molecule has 1 aromatic heterocycles. The molecule has 47 heavy (non-hydrogen) atoms. The van der Waals surface area contributed by atoms with E-state index in [2.05, 4.69) is 25.5 Å². The molecule has 1 amide bonds. The van der Waals surface area contributed by atoms with Gasteiger partial charge in [-0.05, 0) is 73.2 Å². The number of aliphatic carboxylic acids is 1. The standard InChI is InChI=1S/C35H36F3N5O3S/c36-35(37,38)27-9-5-6-24(19-27)12-14-39-32-21-31(40-23-41-32)29-20-28(43-15-2-1-3-16-43)10-11-30(29)42-34(46)26-8-4-7-25(18-26)22-47-17-13-33(44)45/h4-11,18-21,23H,1-3,12-17,22H2,(H,42,46)(H,44,45)(H,39,40,41). The SMILES string of the molecule is O=C(O)CCSCc1cccc(C(=O)Nc2ccc(N3CCCCC3)cc2-c2cc(NCCc3cccc(C(F)(F)F)c3)ncn2)c1. The average Bonchev–Trinajstić information content (AvgIpc) is 3.07. The molecule has 5 rings (SSSR count). The monoisotopic (exact) mass is 663 g/mol. The molecule has 0 bridgehead atoms. The highest BCUT2D eigenvalue weighted by Crippen LogP contribution is 2.34. The van der Waals surface area contributed by atoms with Gasteiger partial charge in [-0.1, -0.05) is 30.3 Å². The number of carbonyl (C=O) groups excluding carboxylic acids is 1. The minimum absolute atomic E-state index is 0.0805. The molecule has 0 atom stereocenters. The summed E-state index contributed by atoms with van der Waals surface area (Å²) in [6.45, 7) is 2.24. The molecular formula is C35H36F3N5O3S. The number of carbonyl (C=O) groups is 2. The first-order valence-corrected chi connectivity index (χ1v) is 16.6. The maximum atomic E-state index is 13.5. The first kappa shape index (κ1) is 33.8. The largest absolute Gasteiger partial charge is 0.481 e. The lowest BCUT2D eigenvalue weighted by Crippen LogP contribution is -2.29. The highest BCUT2D eigenvalue weighted by molar-refractivity contribution is 7.98. The van der Waals surface area contributed by atoms with Crippen LogP contribution in [0.4, 0.5) is 30.4 Å². The molecule has 1 saturated heterocycles. The number of amides is 1. The molecule has 0 radical (unpaired) electrons. The Balaban J connectivity index is 1.34. The number of aromatic nitrogens is 2. The number of benzene rings is 3. The molecular weight excluding hydrogens is 627 g/mol. The molecule has 0 saturated carbocycles. The maximum absolute atomic E-state index is 13.5. The summed E-state index contributed by atoms with van der Waals surface area (Å²) in [5.74, 6) is 0.460. The number of hydrogen-bond donors (Lipinski definition) is 3. The van der Waals surface area contributed by atoms with Gasteiger partial charge in [0.15, 0.2) is 0 Å². The molecule has 2 heterocycles. The molecule has 1 fully saturated rings. The quantitative estimate of drug-likeness (QED) is 0.125. The Labute approximate surface area is 275 Å². The Morgan fingerprint density at radius 1 is 0.915 bits per heavy atom. The molecule has 0 aliphatic carbocycles. The van der Waals surface area contributed by atoms with Gasteiger partial charge in [0.25, 0.3) is 5.91 Å². The summed E-state index contributed by atoms with van der Waals surface area (Å²) in [5.41, 5.74) is 4.18. The van der Waals surface area contributed by atoms with Crippen molar-refractivity contribution >= 4 is 40.8 Å². The van der Waals surface area contributed by atoms with Gasteiger partial charge in [-0.15, -0.1) is 0 Å². The molecule has 8 nitrogen and oxygen atoms in total. The van der Waals surface area contributed by atoms with Gasteiger partial charge in [0.1, 0.15) is 12.1 Å². The lowest BCUT2D eigenvalue weighted by molar-refractivity contribution is -0.138. The minimum Gasteiger partial charge on any atom is -0.481 e. The Morgan fingerprint density at radius 2 is 1.70 bits per heavy atom. The molecule has 3 aromatic carbocycles. The van der Waals surface area contributed by atoms with Crippen LogP contribution in [0.15, 0.2) is 79.1 Å². The number of thioether (sulfide) groups is 1. The van der Waals surface area contributed by atoms with Crippen LogP contribution in [-0.2, 0) is 23.1 Å². The van der Waals surface area contributed by atoms with Gasteiger partial charge in [-0.25, -0.2) is 9.97 Å². The van der Waals surface area contributed by atoms with Gasteiger partial charge in [-0.3, -0.25) is 9.59 Å². The predicted octanol–water partition coefficient (Wildman–Crippen LogP) is 7.77. The topological polar surface area (TPSA) is 107 Å². The van der Waals surface area contributed by atoms with E-state index in [0.29, 0.717) is 58.4 Å². The third kappa shape index (κ3) is 9.71. The summed E-state index contributed by atoms with van der Waals surface area (Å²) >= 11 is 1.50. The summed E-state index contributed by atoms with van der Waals surface area (Å²) in [7, 11) is 0. The third-order valence-corrected chi connectivity index (χ3v) is 8.84. The molecule has 12 heteroatoms. The second-order valence-electron chi connectivity index (χ2n) is 11.3. The minimum atomic E-state index is -4.40. The number of halogens is 3. The van der Waals surface area contributed by atoms with Crippen LogP contribution < -0.4 is 15.5 Å². The van der Waals surface area contributed by atoms with Gasteiger partial charge in [-0.2, -0.15) is 24.9 Å². The van der Waals surface area contributed by atoms with E-state index in [1.807, 2.05) is 36.4 Å². The van der Waals surface area contributed by atoms with E-state index in [1.54, 1.807) is 18.2 Å². The highest BCUT2D eigenvalue weighted by Gasteiger charge is 2.30. The molecule has 246 valence electrons. The van der Waals surface area contributed by atoms with Crippen LogP contribution in [0, 0.1) is 0 Å². The van der Waals surface area contributed by atoms with Crippen molar-refractivity contribution in [3.05, 3.63) is 101 Å². The van der Waals surface area contributed by atoms with Crippen molar-refractivity contribution in [2.24, 2.45) is 0 Å². The van der Waals surface area contributed by atoms with Gasteiger partial charge >= 0.3 is 12.1 Å². The number of rotatable bonds is 13. The van der Waals surface area contributed by atoms with Crippen LogP contribution in [0.5, 0.6) is 0 Å². The van der Waals surface area contributed by atoms with E-state index in [-0.39, 0.29) is 12.3 Å². The number of piperidine rings is 1. The van der Waals surface area contributed by atoms with Crippen LogP contribution in [0.25, 0.3) is 11.3 Å². The van der Waals surface area contributed by atoms with E-state index in [1.165, 1.54) is 30.6 Å². The van der Waals surface area contributed by atoms with Crippen molar-refractivity contribution in [2.45, 2.75) is 44.0 Å². The van der Waals surface area contributed by atoms with Crippen molar-refractivity contribution in [3.8, 4) is 11.3 Å². The fraction of sp³-hybridized carbons (Fsp3) is 0.314. The van der Waals surface area contributed by atoms with Gasteiger partial charge in [0.2, 0.25) is 0 Å². The number of nitrogens with zero attached hydrogens (tertiary/aromatic N) is 3. The smallest absolute Gasteiger partial charge is 0.416 e. The zero-order valence-electron chi connectivity index (χ0n) is 25.7. The zero-order chi connectivity index (χ0) is 33.2. The van der Waals surface area contributed by atoms with E-state index in [0.717, 1.165) is 49.3 Å². The van der Waals surface area contributed by atoms with Crippen LogP contribution in [-0.4, -0.2) is 52.3 Å². The van der Waals surface area contributed by atoms with Crippen LogP contribution >= 0.6 is 11.8 Å². The normalized spacial score (nSPS) is 13.3. The Bertz CT molecular complexity index is 1700. The van der Waals surface area contributed by atoms with Crippen LogP contribution in [0.3, 0.4) is 0 Å². The third-order valence-electron chi connectivity index (χ3n) is 7.81. The first-order valence-electron chi connectivity index (χ1n) is 15.5. The zero-order valence-corrected chi connectivity index (χ0v) is 26.5. The Morgan fingerprint density at radius 3 is 2.49 bits per heavy atom. The number of carboxylic acid groups (broad SMARTS) is 1. The summed E-state index contributed by atoms with van der Waals surface area (Å²) < 4.78 is 39.4. The number of anilines is 3. The van der Waals surface area contributed by atoms with Crippen molar-refractivity contribution in [1.29, 1.82) is 0 Å². The second-order valence-corrected chi connectivity index (χ2v) is 12.4. The lowest BCUT2D eigenvalue weighted by atomic mass is 10.0. The van der Waals surface area contributed by atoms with Crippen LogP contribution in [0.2, 0.25) is 0 Å². The number of hydrogen-bond acceptors (Lipinski definition) is 7.